The number of carboxylic acid groups (broad SMARTS) is 1. The quantitative estimate of drug-likeness (QED) is 0.602. The van der Waals surface area contributed by atoms with Crippen LogP contribution in [0.15, 0.2) is 0 Å². The van der Waals surface area contributed by atoms with Crippen molar-refractivity contribution in [3.63, 3.8) is 0 Å². The van der Waals surface area contributed by atoms with Gasteiger partial charge in [0.05, 0.1) is 5.92 Å². The van der Waals surface area contributed by atoms with Crippen molar-refractivity contribution >= 4 is 12.0 Å². The Kier molecular flexibility index (Phi) is 8.16. The van der Waals surface area contributed by atoms with Crippen LogP contribution in [0.4, 0.5) is 4.79 Å². The van der Waals surface area contributed by atoms with E-state index in [1.165, 1.54) is 32.1 Å². The molecule has 2 amide bonds. The molecule has 1 rings (SSSR count). The van der Waals surface area contributed by atoms with Crippen LogP contribution in [-0.2, 0) is 4.79 Å². The lowest BCUT2D eigenvalue weighted by molar-refractivity contribution is -0.141. The molecule has 0 saturated heterocycles. The monoisotopic (exact) mass is 298 g/mol. The molecule has 5 nitrogen and oxygen atoms in total. The Morgan fingerprint density at radius 3 is 2.48 bits per heavy atom. The summed E-state index contributed by atoms with van der Waals surface area (Å²) in [7, 11) is 0. The number of aliphatic carboxylic acids is 1. The van der Waals surface area contributed by atoms with Gasteiger partial charge in [0, 0.05) is 12.6 Å². The van der Waals surface area contributed by atoms with E-state index in [1.807, 2.05) is 0 Å². The van der Waals surface area contributed by atoms with Crippen molar-refractivity contribution in [2.45, 2.75) is 71.3 Å². The van der Waals surface area contributed by atoms with Crippen molar-refractivity contribution in [1.82, 2.24) is 10.6 Å². The highest BCUT2D eigenvalue weighted by Crippen LogP contribution is 2.27. The van der Waals surface area contributed by atoms with Gasteiger partial charge in [-0.25, -0.2) is 4.79 Å². The minimum Gasteiger partial charge on any atom is -0.481 e. The smallest absolute Gasteiger partial charge is 0.315 e. The summed E-state index contributed by atoms with van der Waals surface area (Å²) in [5.74, 6) is -0.509. The molecule has 1 fully saturated rings. The van der Waals surface area contributed by atoms with E-state index in [0.717, 1.165) is 6.42 Å². The number of carboxylic acids is 1. The van der Waals surface area contributed by atoms with Crippen molar-refractivity contribution < 1.29 is 14.7 Å². The van der Waals surface area contributed by atoms with Crippen LogP contribution in [0.2, 0.25) is 0 Å². The summed E-state index contributed by atoms with van der Waals surface area (Å²) in [5, 5.41) is 14.7. The van der Waals surface area contributed by atoms with Crippen LogP contribution in [0, 0.1) is 11.8 Å². The minimum atomic E-state index is -0.775. The van der Waals surface area contributed by atoms with Gasteiger partial charge in [-0.3, -0.25) is 4.79 Å². The molecule has 21 heavy (non-hydrogen) atoms. The number of rotatable bonds is 8. The van der Waals surface area contributed by atoms with Gasteiger partial charge in [0.15, 0.2) is 0 Å². The van der Waals surface area contributed by atoms with Crippen molar-refractivity contribution in [3.05, 3.63) is 0 Å². The third kappa shape index (κ3) is 6.82. The first-order chi connectivity index (χ1) is 10.0. The topological polar surface area (TPSA) is 78.4 Å². The predicted molar refractivity (Wildman–Crippen MR) is 83.2 cm³/mol. The second-order valence-corrected chi connectivity index (χ2v) is 6.19. The number of urea groups is 1. The van der Waals surface area contributed by atoms with Crippen LogP contribution >= 0.6 is 0 Å². The molecule has 5 heteroatoms. The Labute approximate surface area is 127 Å². The Morgan fingerprint density at radius 2 is 1.90 bits per heavy atom. The van der Waals surface area contributed by atoms with E-state index in [-0.39, 0.29) is 18.0 Å². The molecule has 122 valence electrons. The minimum absolute atomic E-state index is 0.115. The Morgan fingerprint density at radius 1 is 1.24 bits per heavy atom. The highest BCUT2D eigenvalue weighted by molar-refractivity contribution is 5.74. The van der Waals surface area contributed by atoms with E-state index in [9.17, 15) is 9.59 Å². The molecule has 1 saturated carbocycles. The number of nitrogens with one attached hydrogen (secondary N) is 2. The van der Waals surface area contributed by atoms with Crippen molar-refractivity contribution in [1.29, 1.82) is 0 Å². The first-order valence-electron chi connectivity index (χ1n) is 8.31. The molecule has 0 bridgehead atoms. The predicted octanol–water partition coefficient (Wildman–Crippen LogP) is 3.15. The number of amides is 2. The van der Waals surface area contributed by atoms with Gasteiger partial charge in [-0.2, -0.15) is 0 Å². The summed E-state index contributed by atoms with van der Waals surface area (Å²) in [6.45, 7) is 4.34. The molecular formula is C16H30N2O3. The Bertz CT molecular complexity index is 327. The van der Waals surface area contributed by atoms with Gasteiger partial charge in [-0.1, -0.05) is 33.1 Å². The third-order valence-electron chi connectivity index (χ3n) is 4.50. The summed E-state index contributed by atoms with van der Waals surface area (Å²) in [4.78, 5) is 22.6. The van der Waals surface area contributed by atoms with Gasteiger partial charge >= 0.3 is 12.0 Å². The molecule has 2 atom stereocenters. The Balaban J connectivity index is 2.20. The lowest BCUT2D eigenvalue weighted by Crippen LogP contribution is -2.46. The van der Waals surface area contributed by atoms with Gasteiger partial charge in [0.25, 0.3) is 0 Å². The largest absolute Gasteiger partial charge is 0.481 e. The van der Waals surface area contributed by atoms with E-state index in [0.29, 0.717) is 25.3 Å². The fraction of sp³-hybridized carbons (Fsp3) is 0.875. The zero-order valence-electron chi connectivity index (χ0n) is 13.4. The first kappa shape index (κ1) is 17.8. The van der Waals surface area contributed by atoms with Crippen LogP contribution < -0.4 is 10.6 Å². The molecule has 0 aromatic heterocycles. The zero-order chi connectivity index (χ0) is 15.7. The second kappa shape index (κ2) is 9.64. The van der Waals surface area contributed by atoms with E-state index >= 15 is 0 Å². The van der Waals surface area contributed by atoms with Gasteiger partial charge < -0.3 is 15.7 Å². The SMILES string of the molecule is CCC(NC(=O)NCCCC(C)C(=O)O)C1CCCCC1. The maximum atomic E-state index is 11.9. The van der Waals surface area contributed by atoms with E-state index < -0.39 is 5.97 Å². The molecule has 0 aromatic rings. The van der Waals surface area contributed by atoms with Crippen molar-refractivity contribution in [3.8, 4) is 0 Å². The molecule has 0 heterocycles. The van der Waals surface area contributed by atoms with Gasteiger partial charge in [0.2, 0.25) is 0 Å². The van der Waals surface area contributed by atoms with Crippen LogP contribution in [-0.4, -0.2) is 29.7 Å². The summed E-state index contributed by atoms with van der Waals surface area (Å²) in [5.41, 5.74) is 0. The number of hydrogen-bond donors (Lipinski definition) is 3. The van der Waals surface area contributed by atoms with Crippen LogP contribution in [0.25, 0.3) is 0 Å². The van der Waals surface area contributed by atoms with Crippen molar-refractivity contribution in [2.24, 2.45) is 11.8 Å². The molecule has 0 aromatic carbocycles. The summed E-state index contributed by atoms with van der Waals surface area (Å²) in [6, 6.07) is 0.152. The average Bonchev–Trinajstić information content (AvgIpc) is 2.49. The molecule has 0 radical (unpaired) electrons. The number of hydrogen-bond acceptors (Lipinski definition) is 2. The van der Waals surface area contributed by atoms with E-state index in [1.54, 1.807) is 6.92 Å². The summed E-state index contributed by atoms with van der Waals surface area (Å²) in [6.07, 6.45) is 8.56. The standard InChI is InChI=1S/C16H30N2O3/c1-3-14(13-9-5-4-6-10-13)18-16(21)17-11-7-8-12(2)15(19)20/h12-14H,3-11H2,1-2H3,(H,19,20)(H2,17,18,21). The maximum absolute atomic E-state index is 11.9. The van der Waals surface area contributed by atoms with E-state index in [4.69, 9.17) is 5.11 Å². The fourth-order valence-corrected chi connectivity index (χ4v) is 3.04. The van der Waals surface area contributed by atoms with E-state index in [2.05, 4.69) is 17.6 Å². The van der Waals surface area contributed by atoms with Crippen LogP contribution in [0.5, 0.6) is 0 Å². The molecule has 1 aliphatic carbocycles. The van der Waals surface area contributed by atoms with Crippen LogP contribution in [0.1, 0.15) is 65.2 Å². The summed E-state index contributed by atoms with van der Waals surface area (Å²) < 4.78 is 0. The normalized spacial score (nSPS) is 18.8. The lowest BCUT2D eigenvalue weighted by Gasteiger charge is -2.30. The molecule has 3 N–H and O–H groups in total. The third-order valence-corrected chi connectivity index (χ3v) is 4.50. The number of carbonyl (C=O) groups excluding carboxylic acids is 1. The molecule has 0 aliphatic heterocycles. The summed E-state index contributed by atoms with van der Waals surface area (Å²) >= 11 is 0. The average molecular weight is 298 g/mol. The maximum Gasteiger partial charge on any atom is 0.315 e. The highest BCUT2D eigenvalue weighted by atomic mass is 16.4. The molecule has 1 aliphatic rings. The zero-order valence-corrected chi connectivity index (χ0v) is 13.4. The lowest BCUT2D eigenvalue weighted by atomic mass is 9.83. The highest BCUT2D eigenvalue weighted by Gasteiger charge is 2.23. The van der Waals surface area contributed by atoms with Gasteiger partial charge in [-0.15, -0.1) is 0 Å². The van der Waals surface area contributed by atoms with Crippen LogP contribution in [0.3, 0.4) is 0 Å². The Hall–Kier alpha value is -1.26. The van der Waals surface area contributed by atoms with Crippen molar-refractivity contribution in [2.75, 3.05) is 6.54 Å². The first-order valence-corrected chi connectivity index (χ1v) is 8.31. The van der Waals surface area contributed by atoms with Gasteiger partial charge in [-0.05, 0) is 38.0 Å². The second-order valence-electron chi connectivity index (χ2n) is 6.19. The number of carbonyl (C=O) groups is 2. The fourth-order valence-electron chi connectivity index (χ4n) is 3.04. The molecular weight excluding hydrogens is 268 g/mol. The molecule has 2 unspecified atom stereocenters. The molecule has 0 spiro atoms. The van der Waals surface area contributed by atoms with Gasteiger partial charge in [0.1, 0.15) is 0 Å².